The van der Waals surface area contributed by atoms with Gasteiger partial charge in [0, 0.05) is 13.2 Å². The summed E-state index contributed by atoms with van der Waals surface area (Å²) >= 11 is 0. The van der Waals surface area contributed by atoms with Crippen LogP contribution in [-0.4, -0.2) is 23.4 Å². The molecule has 0 radical (unpaired) electrons. The van der Waals surface area contributed by atoms with Gasteiger partial charge in [-0.2, -0.15) is 0 Å². The Morgan fingerprint density at radius 1 is 0.750 bits per heavy atom. The lowest BCUT2D eigenvalue weighted by Gasteiger charge is -2.32. The lowest BCUT2D eigenvalue weighted by molar-refractivity contribution is 0.0880. The predicted molar refractivity (Wildman–Crippen MR) is 69.5 cm³/mol. The topological polar surface area (TPSA) is 40.5 Å². The van der Waals surface area contributed by atoms with Gasteiger partial charge in [-0.25, -0.2) is 0 Å². The summed E-state index contributed by atoms with van der Waals surface area (Å²) < 4.78 is 0. The first kappa shape index (κ1) is 15.9. The van der Waals surface area contributed by atoms with Crippen LogP contribution in [-0.2, 0) is 0 Å². The van der Waals surface area contributed by atoms with Crippen molar-refractivity contribution in [2.45, 2.75) is 71.6 Å². The highest BCUT2D eigenvalue weighted by molar-refractivity contribution is 4.78. The van der Waals surface area contributed by atoms with E-state index in [0.717, 1.165) is 44.9 Å². The van der Waals surface area contributed by atoms with Crippen LogP contribution in [0, 0.1) is 5.41 Å². The highest BCUT2D eigenvalue weighted by atomic mass is 16.3. The number of hydrogen-bond acceptors (Lipinski definition) is 2. The summed E-state index contributed by atoms with van der Waals surface area (Å²) in [5, 5.41) is 18.4. The van der Waals surface area contributed by atoms with Gasteiger partial charge in [0.2, 0.25) is 0 Å². The number of aliphatic hydroxyl groups is 2. The summed E-state index contributed by atoms with van der Waals surface area (Å²) in [6.45, 7) is 5.04. The van der Waals surface area contributed by atoms with E-state index >= 15 is 0 Å². The fourth-order valence-electron chi connectivity index (χ4n) is 2.48. The lowest BCUT2D eigenvalue weighted by atomic mass is 9.75. The molecule has 0 aliphatic rings. The molecule has 0 bridgehead atoms. The van der Waals surface area contributed by atoms with E-state index in [2.05, 4.69) is 13.8 Å². The molecule has 2 nitrogen and oxygen atoms in total. The smallest absolute Gasteiger partial charge is 0.0487 e. The minimum absolute atomic E-state index is 0.167. The van der Waals surface area contributed by atoms with Crippen molar-refractivity contribution in [1.82, 2.24) is 0 Å². The van der Waals surface area contributed by atoms with Crippen molar-refractivity contribution in [3.63, 3.8) is 0 Å². The fraction of sp³-hybridized carbons (Fsp3) is 1.00. The zero-order valence-electron chi connectivity index (χ0n) is 11.2. The molecular weight excluding hydrogens is 200 g/mol. The molecular formula is C14H30O2. The maximum atomic E-state index is 9.64. The lowest BCUT2D eigenvalue weighted by Crippen LogP contribution is -2.25. The van der Waals surface area contributed by atoms with E-state index in [1.807, 2.05) is 0 Å². The minimum Gasteiger partial charge on any atom is -0.396 e. The highest BCUT2D eigenvalue weighted by Gasteiger charge is 2.26. The van der Waals surface area contributed by atoms with Gasteiger partial charge >= 0.3 is 0 Å². The zero-order chi connectivity index (χ0) is 12.3. The summed E-state index contributed by atoms with van der Waals surface area (Å²) in [5.41, 5.74) is 0.167. The average Bonchev–Trinajstić information content (AvgIpc) is 2.31. The van der Waals surface area contributed by atoms with Crippen molar-refractivity contribution < 1.29 is 10.2 Å². The summed E-state index contributed by atoms with van der Waals surface area (Å²) in [6, 6.07) is 0. The van der Waals surface area contributed by atoms with E-state index in [-0.39, 0.29) is 5.41 Å². The molecule has 0 saturated carbocycles. The van der Waals surface area contributed by atoms with Crippen LogP contribution < -0.4 is 0 Å². The van der Waals surface area contributed by atoms with Crippen LogP contribution in [0.2, 0.25) is 0 Å². The van der Waals surface area contributed by atoms with E-state index in [4.69, 9.17) is 5.11 Å². The van der Waals surface area contributed by atoms with Crippen LogP contribution >= 0.6 is 0 Å². The number of aliphatic hydroxyl groups excluding tert-OH is 2. The summed E-state index contributed by atoms with van der Waals surface area (Å²) in [6.07, 6.45) is 10.2. The van der Waals surface area contributed by atoms with E-state index in [1.54, 1.807) is 0 Å². The molecule has 0 rings (SSSR count). The molecule has 0 amide bonds. The van der Waals surface area contributed by atoms with Crippen LogP contribution in [0.4, 0.5) is 0 Å². The molecule has 0 fully saturated rings. The molecule has 0 aromatic heterocycles. The van der Waals surface area contributed by atoms with Crippen molar-refractivity contribution in [3.8, 4) is 0 Å². The molecule has 0 aliphatic heterocycles. The standard InChI is InChI=1S/C14H30O2/c1-3-5-10-14(13-16,9-4-2)11-7-6-8-12-15/h15-16H,3-13H2,1-2H3. The summed E-state index contributed by atoms with van der Waals surface area (Å²) in [4.78, 5) is 0. The van der Waals surface area contributed by atoms with Gasteiger partial charge in [0.05, 0.1) is 0 Å². The van der Waals surface area contributed by atoms with Crippen molar-refractivity contribution >= 4 is 0 Å². The Hall–Kier alpha value is -0.0800. The van der Waals surface area contributed by atoms with E-state index in [9.17, 15) is 5.11 Å². The second-order valence-electron chi connectivity index (χ2n) is 5.05. The van der Waals surface area contributed by atoms with E-state index < -0.39 is 0 Å². The molecule has 2 heteroatoms. The average molecular weight is 230 g/mol. The minimum atomic E-state index is 0.167. The fourth-order valence-corrected chi connectivity index (χ4v) is 2.48. The monoisotopic (exact) mass is 230 g/mol. The Balaban J connectivity index is 4.04. The maximum Gasteiger partial charge on any atom is 0.0487 e. The van der Waals surface area contributed by atoms with Gasteiger partial charge in [-0.1, -0.05) is 46.0 Å². The van der Waals surface area contributed by atoms with E-state index in [1.165, 1.54) is 12.8 Å². The molecule has 0 saturated heterocycles. The SMILES string of the molecule is CCCCC(CO)(CCC)CCCCCO. The molecule has 16 heavy (non-hydrogen) atoms. The quantitative estimate of drug-likeness (QED) is 0.533. The molecule has 0 aromatic carbocycles. The molecule has 0 aromatic rings. The van der Waals surface area contributed by atoms with Crippen molar-refractivity contribution in [2.75, 3.05) is 13.2 Å². The number of hydrogen-bond donors (Lipinski definition) is 2. The number of unbranched alkanes of at least 4 members (excludes halogenated alkanes) is 3. The summed E-state index contributed by atoms with van der Waals surface area (Å²) in [5.74, 6) is 0. The van der Waals surface area contributed by atoms with Gasteiger partial charge < -0.3 is 10.2 Å². The van der Waals surface area contributed by atoms with Crippen molar-refractivity contribution in [3.05, 3.63) is 0 Å². The van der Waals surface area contributed by atoms with Gasteiger partial charge in [-0.05, 0) is 31.1 Å². The molecule has 0 heterocycles. The Kier molecular flexibility index (Phi) is 10.0. The number of rotatable bonds is 11. The van der Waals surface area contributed by atoms with Crippen LogP contribution in [0.25, 0.3) is 0 Å². The predicted octanol–water partition coefficient (Wildman–Crippen LogP) is 3.51. The third-order valence-electron chi connectivity index (χ3n) is 3.54. The van der Waals surface area contributed by atoms with Crippen LogP contribution in [0.1, 0.15) is 71.6 Å². The van der Waals surface area contributed by atoms with Gasteiger partial charge in [0.1, 0.15) is 0 Å². The van der Waals surface area contributed by atoms with Crippen molar-refractivity contribution in [2.24, 2.45) is 5.41 Å². The summed E-state index contributed by atoms with van der Waals surface area (Å²) in [7, 11) is 0. The Morgan fingerprint density at radius 3 is 1.94 bits per heavy atom. The van der Waals surface area contributed by atoms with Gasteiger partial charge in [0.15, 0.2) is 0 Å². The molecule has 0 aliphatic carbocycles. The van der Waals surface area contributed by atoms with E-state index in [0.29, 0.717) is 13.2 Å². The third-order valence-corrected chi connectivity index (χ3v) is 3.54. The first-order chi connectivity index (χ1) is 7.74. The largest absolute Gasteiger partial charge is 0.396 e. The normalized spacial score (nSPS) is 15.0. The molecule has 1 atom stereocenters. The maximum absolute atomic E-state index is 9.64. The highest BCUT2D eigenvalue weighted by Crippen LogP contribution is 2.35. The molecule has 98 valence electrons. The Bertz CT molecular complexity index is 148. The molecule has 1 unspecified atom stereocenters. The van der Waals surface area contributed by atoms with Gasteiger partial charge in [-0.15, -0.1) is 0 Å². The second kappa shape index (κ2) is 10.1. The van der Waals surface area contributed by atoms with Gasteiger partial charge in [-0.3, -0.25) is 0 Å². The second-order valence-corrected chi connectivity index (χ2v) is 5.05. The zero-order valence-corrected chi connectivity index (χ0v) is 11.2. The molecule has 2 N–H and O–H groups in total. The van der Waals surface area contributed by atoms with Gasteiger partial charge in [0.25, 0.3) is 0 Å². The Morgan fingerprint density at radius 2 is 1.44 bits per heavy atom. The first-order valence-corrected chi connectivity index (χ1v) is 6.96. The van der Waals surface area contributed by atoms with Crippen LogP contribution in [0.3, 0.4) is 0 Å². The first-order valence-electron chi connectivity index (χ1n) is 6.96. The van der Waals surface area contributed by atoms with Crippen LogP contribution in [0.15, 0.2) is 0 Å². The van der Waals surface area contributed by atoms with Crippen molar-refractivity contribution in [1.29, 1.82) is 0 Å². The third kappa shape index (κ3) is 6.49. The molecule has 0 spiro atoms. The van der Waals surface area contributed by atoms with Crippen LogP contribution in [0.5, 0.6) is 0 Å². The Labute approximate surface area is 101 Å².